The average Bonchev–Trinajstić information content (AvgIpc) is 2.16. The molecule has 0 N–H and O–H groups in total. The standard InChI is InChI=1S/C11H19NO/c1-9-6-10-4-2-3-5-11(10)12(7-9)8-13/h8-11H,2-7H2,1H3/t9-,10?,11?/m1/s1. The molecule has 0 bridgehead atoms. The van der Waals surface area contributed by atoms with E-state index < -0.39 is 0 Å². The van der Waals surface area contributed by atoms with Gasteiger partial charge in [0, 0.05) is 12.6 Å². The molecule has 74 valence electrons. The Balaban J connectivity index is 2.06. The first-order chi connectivity index (χ1) is 6.31. The molecule has 0 aromatic carbocycles. The average molecular weight is 181 g/mol. The Labute approximate surface area is 80.3 Å². The maximum atomic E-state index is 10.9. The van der Waals surface area contributed by atoms with Crippen molar-refractivity contribution in [3.8, 4) is 0 Å². The Morgan fingerprint density at radius 2 is 2.08 bits per heavy atom. The molecule has 1 amide bonds. The van der Waals surface area contributed by atoms with E-state index in [0.717, 1.165) is 18.9 Å². The van der Waals surface area contributed by atoms with Crippen molar-refractivity contribution in [1.29, 1.82) is 0 Å². The summed E-state index contributed by atoms with van der Waals surface area (Å²) < 4.78 is 0. The van der Waals surface area contributed by atoms with E-state index in [1.807, 2.05) is 0 Å². The number of rotatable bonds is 1. The fourth-order valence-electron chi connectivity index (χ4n) is 3.11. The second kappa shape index (κ2) is 3.69. The fraction of sp³-hybridized carbons (Fsp3) is 0.909. The fourth-order valence-corrected chi connectivity index (χ4v) is 3.11. The van der Waals surface area contributed by atoms with E-state index in [4.69, 9.17) is 0 Å². The van der Waals surface area contributed by atoms with Gasteiger partial charge in [-0.15, -0.1) is 0 Å². The number of nitrogens with zero attached hydrogens (tertiary/aromatic N) is 1. The Hall–Kier alpha value is -0.530. The quantitative estimate of drug-likeness (QED) is 0.567. The molecule has 1 saturated heterocycles. The smallest absolute Gasteiger partial charge is 0.209 e. The van der Waals surface area contributed by atoms with Gasteiger partial charge in [0.25, 0.3) is 0 Å². The maximum absolute atomic E-state index is 10.9. The van der Waals surface area contributed by atoms with Crippen LogP contribution < -0.4 is 0 Å². The van der Waals surface area contributed by atoms with Crippen molar-refractivity contribution in [2.45, 2.75) is 45.1 Å². The minimum absolute atomic E-state index is 0.586. The molecule has 1 heterocycles. The van der Waals surface area contributed by atoms with Gasteiger partial charge in [0.15, 0.2) is 0 Å². The summed E-state index contributed by atoms with van der Waals surface area (Å²) in [6, 6.07) is 0.586. The Bertz CT molecular complexity index is 193. The van der Waals surface area contributed by atoms with Crippen LogP contribution in [0.1, 0.15) is 39.0 Å². The number of carbonyl (C=O) groups is 1. The van der Waals surface area contributed by atoms with Gasteiger partial charge in [0.2, 0.25) is 6.41 Å². The summed E-state index contributed by atoms with van der Waals surface area (Å²) in [7, 11) is 0. The zero-order valence-electron chi connectivity index (χ0n) is 8.41. The SMILES string of the molecule is C[C@@H]1CC2CCCCC2N(C=O)C1. The Morgan fingerprint density at radius 1 is 1.31 bits per heavy atom. The summed E-state index contributed by atoms with van der Waals surface area (Å²) in [5, 5.41) is 0. The van der Waals surface area contributed by atoms with E-state index in [0.29, 0.717) is 12.0 Å². The molecule has 3 atom stereocenters. The number of carbonyl (C=O) groups excluding carboxylic acids is 1. The van der Waals surface area contributed by atoms with Gasteiger partial charge in [0.05, 0.1) is 0 Å². The molecule has 2 unspecified atom stereocenters. The first-order valence-corrected chi connectivity index (χ1v) is 5.52. The molecular formula is C11H19NO. The van der Waals surface area contributed by atoms with E-state index in [2.05, 4.69) is 11.8 Å². The van der Waals surface area contributed by atoms with Crippen LogP contribution in [0.3, 0.4) is 0 Å². The highest BCUT2D eigenvalue weighted by molar-refractivity contribution is 5.48. The second-order valence-electron chi connectivity index (χ2n) is 4.75. The van der Waals surface area contributed by atoms with Crippen molar-refractivity contribution in [3.05, 3.63) is 0 Å². The van der Waals surface area contributed by atoms with E-state index in [9.17, 15) is 4.79 Å². The Kier molecular flexibility index (Phi) is 2.56. The van der Waals surface area contributed by atoms with Gasteiger partial charge in [0.1, 0.15) is 0 Å². The van der Waals surface area contributed by atoms with Crippen molar-refractivity contribution in [2.75, 3.05) is 6.54 Å². The van der Waals surface area contributed by atoms with E-state index in [1.165, 1.54) is 32.1 Å². The van der Waals surface area contributed by atoms with Gasteiger partial charge in [-0.1, -0.05) is 19.8 Å². The molecule has 2 fully saturated rings. The number of likely N-dealkylation sites (tertiary alicyclic amines) is 1. The van der Waals surface area contributed by atoms with Gasteiger partial charge < -0.3 is 4.90 Å². The topological polar surface area (TPSA) is 20.3 Å². The van der Waals surface area contributed by atoms with E-state index in [1.54, 1.807) is 0 Å². The third kappa shape index (κ3) is 1.72. The van der Waals surface area contributed by atoms with Crippen LogP contribution in [0, 0.1) is 11.8 Å². The van der Waals surface area contributed by atoms with Crippen molar-refractivity contribution < 1.29 is 4.79 Å². The number of piperidine rings is 1. The predicted molar refractivity (Wildman–Crippen MR) is 52.3 cm³/mol. The third-order valence-electron chi connectivity index (χ3n) is 3.66. The van der Waals surface area contributed by atoms with Crippen LogP contribution in [-0.4, -0.2) is 23.9 Å². The molecule has 1 saturated carbocycles. The summed E-state index contributed by atoms with van der Waals surface area (Å²) >= 11 is 0. The van der Waals surface area contributed by atoms with Crippen LogP contribution in [0.25, 0.3) is 0 Å². The van der Waals surface area contributed by atoms with Crippen LogP contribution in [0.4, 0.5) is 0 Å². The van der Waals surface area contributed by atoms with E-state index >= 15 is 0 Å². The molecule has 2 rings (SSSR count). The highest BCUT2D eigenvalue weighted by atomic mass is 16.1. The van der Waals surface area contributed by atoms with Crippen LogP contribution in [0.15, 0.2) is 0 Å². The molecule has 0 aromatic heterocycles. The molecular weight excluding hydrogens is 162 g/mol. The zero-order valence-corrected chi connectivity index (χ0v) is 8.41. The van der Waals surface area contributed by atoms with Crippen LogP contribution >= 0.6 is 0 Å². The second-order valence-corrected chi connectivity index (χ2v) is 4.75. The third-order valence-corrected chi connectivity index (χ3v) is 3.66. The number of hydrogen-bond acceptors (Lipinski definition) is 1. The van der Waals surface area contributed by atoms with Gasteiger partial charge in [-0.3, -0.25) is 4.79 Å². The summed E-state index contributed by atoms with van der Waals surface area (Å²) in [4.78, 5) is 12.9. The van der Waals surface area contributed by atoms with Crippen LogP contribution in [0.5, 0.6) is 0 Å². The zero-order chi connectivity index (χ0) is 9.26. The van der Waals surface area contributed by atoms with Crippen molar-refractivity contribution >= 4 is 6.41 Å². The molecule has 0 radical (unpaired) electrons. The van der Waals surface area contributed by atoms with Crippen LogP contribution in [0.2, 0.25) is 0 Å². The van der Waals surface area contributed by atoms with Gasteiger partial charge in [-0.2, -0.15) is 0 Å². The lowest BCUT2D eigenvalue weighted by Gasteiger charge is -2.44. The molecule has 0 aromatic rings. The molecule has 1 aliphatic carbocycles. The summed E-state index contributed by atoms with van der Waals surface area (Å²) in [6.07, 6.45) is 7.70. The maximum Gasteiger partial charge on any atom is 0.209 e. The summed E-state index contributed by atoms with van der Waals surface area (Å²) in [6.45, 7) is 3.26. The monoisotopic (exact) mass is 181 g/mol. The highest BCUT2D eigenvalue weighted by Gasteiger charge is 2.34. The minimum atomic E-state index is 0.586. The lowest BCUT2D eigenvalue weighted by Crippen LogP contribution is -2.48. The van der Waals surface area contributed by atoms with Gasteiger partial charge >= 0.3 is 0 Å². The largest absolute Gasteiger partial charge is 0.342 e. The molecule has 2 aliphatic rings. The molecule has 0 spiro atoms. The highest BCUT2D eigenvalue weighted by Crippen LogP contribution is 2.36. The number of fused-ring (bicyclic) bond motifs is 1. The van der Waals surface area contributed by atoms with Gasteiger partial charge in [-0.25, -0.2) is 0 Å². The van der Waals surface area contributed by atoms with Crippen molar-refractivity contribution in [2.24, 2.45) is 11.8 Å². The first kappa shape index (κ1) is 9.04. The van der Waals surface area contributed by atoms with Crippen molar-refractivity contribution in [1.82, 2.24) is 4.90 Å². The lowest BCUT2D eigenvalue weighted by molar-refractivity contribution is -0.125. The molecule has 1 aliphatic heterocycles. The predicted octanol–water partition coefficient (Wildman–Crippen LogP) is 2.04. The summed E-state index contributed by atoms with van der Waals surface area (Å²) in [5.74, 6) is 1.52. The van der Waals surface area contributed by atoms with E-state index in [-0.39, 0.29) is 0 Å². The minimum Gasteiger partial charge on any atom is -0.342 e. The Morgan fingerprint density at radius 3 is 2.85 bits per heavy atom. The van der Waals surface area contributed by atoms with Crippen molar-refractivity contribution in [3.63, 3.8) is 0 Å². The first-order valence-electron chi connectivity index (χ1n) is 5.52. The summed E-state index contributed by atoms with van der Waals surface area (Å²) in [5.41, 5.74) is 0. The lowest BCUT2D eigenvalue weighted by atomic mass is 9.75. The number of amides is 1. The molecule has 2 nitrogen and oxygen atoms in total. The molecule has 13 heavy (non-hydrogen) atoms. The normalized spacial score (nSPS) is 39.8. The van der Waals surface area contributed by atoms with Crippen LogP contribution in [-0.2, 0) is 4.79 Å². The van der Waals surface area contributed by atoms with Gasteiger partial charge in [-0.05, 0) is 31.1 Å². The number of hydrogen-bond donors (Lipinski definition) is 0. The molecule has 2 heteroatoms.